The third-order valence-electron chi connectivity index (χ3n) is 1.81. The SMILES string of the molecule is C[C@H](O)CNc1c(F)cc([N+](=O)[O-])cc1Br. The molecule has 0 unspecified atom stereocenters. The maximum atomic E-state index is 13.4. The number of nitro groups is 1. The van der Waals surface area contributed by atoms with E-state index in [1.165, 1.54) is 6.07 Å². The summed E-state index contributed by atoms with van der Waals surface area (Å²) in [5, 5.41) is 22.1. The smallest absolute Gasteiger partial charge is 0.273 e. The van der Waals surface area contributed by atoms with E-state index in [4.69, 9.17) is 5.11 Å². The summed E-state index contributed by atoms with van der Waals surface area (Å²) >= 11 is 3.03. The van der Waals surface area contributed by atoms with E-state index in [1.807, 2.05) is 0 Å². The van der Waals surface area contributed by atoms with E-state index < -0.39 is 16.8 Å². The summed E-state index contributed by atoms with van der Waals surface area (Å²) < 4.78 is 13.7. The molecule has 0 radical (unpaired) electrons. The Kier molecular flexibility index (Phi) is 4.19. The van der Waals surface area contributed by atoms with Crippen LogP contribution in [0.25, 0.3) is 0 Å². The highest BCUT2D eigenvalue weighted by Crippen LogP contribution is 2.30. The number of hydrogen-bond acceptors (Lipinski definition) is 4. The summed E-state index contributed by atoms with van der Waals surface area (Å²) in [6, 6.07) is 2.03. The third kappa shape index (κ3) is 3.14. The van der Waals surface area contributed by atoms with Crippen molar-refractivity contribution in [3.05, 3.63) is 32.5 Å². The highest BCUT2D eigenvalue weighted by Gasteiger charge is 2.15. The number of hydrogen-bond donors (Lipinski definition) is 2. The molecule has 1 aromatic rings. The standard InChI is InChI=1S/C9H10BrFN2O3/c1-5(14)4-12-9-7(10)2-6(13(15)16)3-8(9)11/h2-3,5,12,14H,4H2,1H3/t5-/m0/s1. The van der Waals surface area contributed by atoms with Crippen LogP contribution in [-0.2, 0) is 0 Å². The molecule has 1 atom stereocenters. The first-order valence-corrected chi connectivity index (χ1v) is 5.26. The van der Waals surface area contributed by atoms with E-state index in [1.54, 1.807) is 6.92 Å². The first-order chi connectivity index (χ1) is 7.41. The van der Waals surface area contributed by atoms with Crippen molar-refractivity contribution >= 4 is 27.3 Å². The summed E-state index contributed by atoms with van der Waals surface area (Å²) in [7, 11) is 0. The van der Waals surface area contributed by atoms with Gasteiger partial charge in [-0.15, -0.1) is 0 Å². The number of non-ortho nitro benzene ring substituents is 1. The lowest BCUT2D eigenvalue weighted by atomic mass is 10.2. The average molecular weight is 293 g/mol. The number of aliphatic hydroxyl groups excluding tert-OH is 1. The van der Waals surface area contributed by atoms with Gasteiger partial charge >= 0.3 is 0 Å². The molecule has 0 spiro atoms. The number of aliphatic hydroxyl groups is 1. The van der Waals surface area contributed by atoms with Crippen LogP contribution in [0.3, 0.4) is 0 Å². The lowest BCUT2D eigenvalue weighted by molar-refractivity contribution is -0.385. The normalized spacial score (nSPS) is 12.2. The van der Waals surface area contributed by atoms with Crippen molar-refractivity contribution in [2.24, 2.45) is 0 Å². The quantitative estimate of drug-likeness (QED) is 0.659. The van der Waals surface area contributed by atoms with Crippen LogP contribution in [-0.4, -0.2) is 22.7 Å². The van der Waals surface area contributed by atoms with Crippen molar-refractivity contribution in [2.75, 3.05) is 11.9 Å². The minimum Gasteiger partial charge on any atom is -0.392 e. The van der Waals surface area contributed by atoms with Gasteiger partial charge < -0.3 is 10.4 Å². The van der Waals surface area contributed by atoms with E-state index >= 15 is 0 Å². The predicted octanol–water partition coefficient (Wildman–Crippen LogP) is 2.29. The summed E-state index contributed by atoms with van der Waals surface area (Å²) in [6.07, 6.45) is -0.638. The molecule has 88 valence electrons. The van der Waals surface area contributed by atoms with Gasteiger partial charge in [0, 0.05) is 12.6 Å². The fourth-order valence-electron chi connectivity index (χ4n) is 1.08. The minimum absolute atomic E-state index is 0.103. The van der Waals surface area contributed by atoms with Gasteiger partial charge in [0.2, 0.25) is 0 Å². The Morgan fingerprint density at radius 1 is 1.69 bits per heavy atom. The van der Waals surface area contributed by atoms with Gasteiger partial charge in [-0.05, 0) is 22.9 Å². The van der Waals surface area contributed by atoms with Gasteiger partial charge in [0.25, 0.3) is 5.69 Å². The van der Waals surface area contributed by atoms with Gasteiger partial charge in [-0.1, -0.05) is 0 Å². The molecule has 7 heteroatoms. The van der Waals surface area contributed by atoms with Crippen molar-refractivity contribution < 1.29 is 14.4 Å². The zero-order valence-electron chi connectivity index (χ0n) is 8.41. The molecule has 0 bridgehead atoms. The largest absolute Gasteiger partial charge is 0.392 e. The predicted molar refractivity (Wildman–Crippen MR) is 60.9 cm³/mol. The second-order valence-corrected chi connectivity index (χ2v) is 4.13. The molecule has 0 fully saturated rings. The summed E-state index contributed by atoms with van der Waals surface area (Å²) in [4.78, 5) is 9.77. The second-order valence-electron chi connectivity index (χ2n) is 3.27. The zero-order chi connectivity index (χ0) is 12.3. The van der Waals surface area contributed by atoms with E-state index in [2.05, 4.69) is 21.2 Å². The molecule has 0 aliphatic heterocycles. The molecule has 1 rings (SSSR count). The fraction of sp³-hybridized carbons (Fsp3) is 0.333. The Morgan fingerprint density at radius 3 is 2.75 bits per heavy atom. The fourth-order valence-corrected chi connectivity index (χ4v) is 1.65. The lowest BCUT2D eigenvalue weighted by Crippen LogP contribution is -2.16. The van der Waals surface area contributed by atoms with Crippen LogP contribution < -0.4 is 5.32 Å². The first kappa shape index (κ1) is 12.9. The minimum atomic E-state index is -0.735. The summed E-state index contributed by atoms with van der Waals surface area (Å²) in [5.74, 6) is -0.735. The third-order valence-corrected chi connectivity index (χ3v) is 2.44. The van der Waals surface area contributed by atoms with Crippen molar-refractivity contribution in [2.45, 2.75) is 13.0 Å². The van der Waals surface area contributed by atoms with Crippen LogP contribution >= 0.6 is 15.9 Å². The topological polar surface area (TPSA) is 75.4 Å². The maximum Gasteiger partial charge on any atom is 0.273 e. The molecule has 1 aromatic carbocycles. The molecule has 0 aliphatic rings. The van der Waals surface area contributed by atoms with Gasteiger partial charge in [-0.2, -0.15) is 0 Å². The van der Waals surface area contributed by atoms with Crippen LogP contribution in [0, 0.1) is 15.9 Å². The van der Waals surface area contributed by atoms with E-state index in [9.17, 15) is 14.5 Å². The van der Waals surface area contributed by atoms with Crippen LogP contribution in [0.4, 0.5) is 15.8 Å². The Balaban J connectivity index is 2.98. The van der Waals surface area contributed by atoms with Gasteiger partial charge in [-0.25, -0.2) is 4.39 Å². The molecule has 0 aromatic heterocycles. The van der Waals surface area contributed by atoms with Crippen LogP contribution in [0.5, 0.6) is 0 Å². The van der Waals surface area contributed by atoms with Crippen molar-refractivity contribution in [1.82, 2.24) is 0 Å². The van der Waals surface area contributed by atoms with Gasteiger partial charge in [0.15, 0.2) is 5.82 Å². The Hall–Kier alpha value is -1.21. The molecule has 0 aliphatic carbocycles. The van der Waals surface area contributed by atoms with Gasteiger partial charge in [0.05, 0.1) is 27.3 Å². The highest BCUT2D eigenvalue weighted by atomic mass is 79.9. The first-order valence-electron chi connectivity index (χ1n) is 4.47. The monoisotopic (exact) mass is 292 g/mol. The highest BCUT2D eigenvalue weighted by molar-refractivity contribution is 9.10. The Labute approximate surface area is 99.6 Å². The van der Waals surface area contributed by atoms with Gasteiger partial charge in [-0.3, -0.25) is 10.1 Å². The molecule has 5 nitrogen and oxygen atoms in total. The second kappa shape index (κ2) is 5.22. The number of rotatable bonds is 4. The maximum absolute atomic E-state index is 13.4. The van der Waals surface area contributed by atoms with Crippen LogP contribution in [0.2, 0.25) is 0 Å². The van der Waals surface area contributed by atoms with E-state index in [0.29, 0.717) is 0 Å². The lowest BCUT2D eigenvalue weighted by Gasteiger charge is -2.10. The number of nitrogens with one attached hydrogen (secondary N) is 1. The van der Waals surface area contributed by atoms with Crippen molar-refractivity contribution in [1.29, 1.82) is 0 Å². The van der Waals surface area contributed by atoms with E-state index in [-0.39, 0.29) is 22.4 Å². The summed E-state index contributed by atoms with van der Waals surface area (Å²) in [5.41, 5.74) is -0.224. The van der Waals surface area contributed by atoms with Gasteiger partial charge in [0.1, 0.15) is 0 Å². The Morgan fingerprint density at radius 2 is 2.31 bits per heavy atom. The van der Waals surface area contributed by atoms with Crippen molar-refractivity contribution in [3.63, 3.8) is 0 Å². The van der Waals surface area contributed by atoms with Crippen LogP contribution in [0.15, 0.2) is 16.6 Å². The Bertz CT molecular complexity index is 389. The number of anilines is 1. The summed E-state index contributed by atoms with van der Waals surface area (Å²) in [6.45, 7) is 1.71. The number of nitro benzene ring substituents is 1. The average Bonchev–Trinajstić information content (AvgIpc) is 2.15. The molecule has 0 saturated carbocycles. The number of nitrogens with zero attached hydrogens (tertiary/aromatic N) is 1. The van der Waals surface area contributed by atoms with Crippen molar-refractivity contribution in [3.8, 4) is 0 Å². The van der Waals surface area contributed by atoms with Crippen LogP contribution in [0.1, 0.15) is 6.92 Å². The van der Waals surface area contributed by atoms with E-state index in [0.717, 1.165) is 6.07 Å². The number of halogens is 2. The molecule has 2 N–H and O–H groups in total. The zero-order valence-corrected chi connectivity index (χ0v) is 9.99. The molecule has 0 saturated heterocycles. The number of benzene rings is 1. The molecule has 0 amide bonds. The molecular weight excluding hydrogens is 283 g/mol. The molecule has 16 heavy (non-hydrogen) atoms. The molecular formula is C9H10BrFN2O3. The molecule has 0 heterocycles.